The number of ether oxygens (including phenoxy) is 5. The van der Waals surface area contributed by atoms with Crippen molar-refractivity contribution in [1.82, 2.24) is 9.55 Å². The van der Waals surface area contributed by atoms with Gasteiger partial charge in [0.05, 0.1) is 34.0 Å². The second-order valence-corrected chi connectivity index (χ2v) is 9.79. The maximum absolute atomic E-state index is 9.38. The van der Waals surface area contributed by atoms with Gasteiger partial charge < -0.3 is 28.3 Å². The van der Waals surface area contributed by atoms with Crippen LogP contribution in [0.15, 0.2) is 79.1 Å². The van der Waals surface area contributed by atoms with Crippen molar-refractivity contribution in [3.63, 3.8) is 0 Å². The van der Waals surface area contributed by atoms with Gasteiger partial charge in [-0.05, 0) is 58.7 Å². The van der Waals surface area contributed by atoms with Crippen LogP contribution in [0.25, 0.3) is 10.8 Å². The third kappa shape index (κ3) is 4.61. The van der Waals surface area contributed by atoms with E-state index in [0.29, 0.717) is 52.9 Å². The molecular formula is C33H31N3O5. The van der Waals surface area contributed by atoms with Gasteiger partial charge in [-0.15, -0.1) is 0 Å². The summed E-state index contributed by atoms with van der Waals surface area (Å²) in [5.41, 5.74) is 4.06. The molecule has 8 nitrogen and oxygen atoms in total. The fraction of sp³-hybridized carbons (Fsp3) is 0.212. The van der Waals surface area contributed by atoms with Gasteiger partial charge in [0.15, 0.2) is 23.0 Å². The van der Waals surface area contributed by atoms with Gasteiger partial charge >= 0.3 is 0 Å². The van der Waals surface area contributed by atoms with E-state index in [-0.39, 0.29) is 5.92 Å². The lowest BCUT2D eigenvalue weighted by atomic mass is 9.81. The maximum Gasteiger partial charge on any atom is 0.228 e. The second kappa shape index (κ2) is 10.9. The Kier molecular flexibility index (Phi) is 6.97. The van der Waals surface area contributed by atoms with Crippen molar-refractivity contribution in [1.29, 1.82) is 5.41 Å². The van der Waals surface area contributed by atoms with Gasteiger partial charge in [0.1, 0.15) is 17.6 Å². The first-order chi connectivity index (χ1) is 20.1. The van der Waals surface area contributed by atoms with Crippen LogP contribution in [0.2, 0.25) is 0 Å². The number of nitrogens with zero attached hydrogens (tertiary/aromatic N) is 2. The molecule has 8 heteroatoms. The molecule has 1 aromatic heterocycles. The minimum atomic E-state index is -0.312. The summed E-state index contributed by atoms with van der Waals surface area (Å²) in [7, 11) is 6.50. The van der Waals surface area contributed by atoms with Crippen molar-refractivity contribution >= 4 is 10.8 Å². The van der Waals surface area contributed by atoms with Crippen LogP contribution >= 0.6 is 0 Å². The molecule has 0 amide bonds. The van der Waals surface area contributed by atoms with Gasteiger partial charge in [0, 0.05) is 18.0 Å². The van der Waals surface area contributed by atoms with E-state index in [4.69, 9.17) is 28.7 Å². The van der Waals surface area contributed by atoms with Gasteiger partial charge in [-0.25, -0.2) is 4.98 Å². The smallest absolute Gasteiger partial charge is 0.228 e. The standard InChI is InChI=1S/C33H31N3O5/c1-37-24-12-9-20(17-27(24)39-3)15-16-36-19-35-33-31(32(36)34)29(22-11-13-25(38-2)28(18-22)40-4)30-23-8-6-5-7-21(23)10-14-26(30)41-33/h5-14,17-19,29,34H,15-16H2,1-4H3. The van der Waals surface area contributed by atoms with Crippen LogP contribution < -0.4 is 29.2 Å². The number of hydrogen-bond donors (Lipinski definition) is 1. The molecule has 4 aromatic carbocycles. The normalized spacial score (nSPS) is 13.6. The highest BCUT2D eigenvalue weighted by Gasteiger charge is 2.34. The summed E-state index contributed by atoms with van der Waals surface area (Å²) in [6, 6.07) is 24.0. The average Bonchev–Trinajstić information content (AvgIpc) is 3.02. The minimum Gasteiger partial charge on any atom is -0.493 e. The van der Waals surface area contributed by atoms with Gasteiger partial charge in [0.25, 0.3) is 0 Å². The molecule has 5 aromatic rings. The number of rotatable bonds is 8. The van der Waals surface area contributed by atoms with Crippen LogP contribution in [0.3, 0.4) is 0 Å². The SMILES string of the molecule is COc1ccc(CCn2cnc3c(c2=N)C(c2ccc(OC)c(OC)c2)c2c(ccc4ccccc24)O3)cc1OC. The lowest BCUT2D eigenvalue weighted by molar-refractivity contribution is 0.354. The Hall–Kier alpha value is -4.98. The maximum atomic E-state index is 9.38. The van der Waals surface area contributed by atoms with Crippen LogP contribution in [-0.4, -0.2) is 38.0 Å². The molecule has 208 valence electrons. The topological polar surface area (TPSA) is 87.8 Å². The molecule has 0 saturated carbocycles. The molecule has 1 atom stereocenters. The van der Waals surface area contributed by atoms with E-state index in [1.165, 1.54) is 0 Å². The predicted molar refractivity (Wildman–Crippen MR) is 156 cm³/mol. The molecule has 0 aliphatic carbocycles. The minimum absolute atomic E-state index is 0.312. The molecule has 0 bridgehead atoms. The summed E-state index contributed by atoms with van der Waals surface area (Å²) in [5, 5.41) is 11.5. The lowest BCUT2D eigenvalue weighted by Gasteiger charge is -2.30. The molecule has 1 N–H and O–H groups in total. The first-order valence-electron chi connectivity index (χ1n) is 13.3. The van der Waals surface area contributed by atoms with E-state index >= 15 is 0 Å². The number of hydrogen-bond acceptors (Lipinski definition) is 7. The van der Waals surface area contributed by atoms with E-state index in [1.807, 2.05) is 59.2 Å². The van der Waals surface area contributed by atoms with Gasteiger partial charge in [-0.1, -0.05) is 42.5 Å². The first kappa shape index (κ1) is 26.3. The van der Waals surface area contributed by atoms with E-state index in [2.05, 4.69) is 18.2 Å². The number of aryl methyl sites for hydroxylation is 2. The highest BCUT2D eigenvalue weighted by Crippen LogP contribution is 2.49. The van der Waals surface area contributed by atoms with Crippen LogP contribution in [0, 0.1) is 5.41 Å². The number of fused-ring (bicyclic) bond motifs is 4. The molecule has 41 heavy (non-hydrogen) atoms. The van der Waals surface area contributed by atoms with E-state index in [1.54, 1.807) is 34.8 Å². The van der Waals surface area contributed by atoms with Crippen molar-refractivity contribution in [3.05, 3.63) is 107 Å². The molecule has 1 aliphatic rings. The predicted octanol–water partition coefficient (Wildman–Crippen LogP) is 6.08. The first-order valence-corrected chi connectivity index (χ1v) is 13.3. The van der Waals surface area contributed by atoms with Gasteiger partial charge in [-0.3, -0.25) is 5.41 Å². The Bertz CT molecular complexity index is 1810. The van der Waals surface area contributed by atoms with Gasteiger partial charge in [0.2, 0.25) is 5.88 Å². The molecule has 6 rings (SSSR count). The van der Waals surface area contributed by atoms with Crippen LogP contribution in [0.1, 0.15) is 28.2 Å². The highest BCUT2D eigenvalue weighted by molar-refractivity contribution is 5.90. The fourth-order valence-corrected chi connectivity index (χ4v) is 5.58. The molecule has 0 fully saturated rings. The highest BCUT2D eigenvalue weighted by atomic mass is 16.5. The molecule has 0 spiro atoms. The quantitative estimate of drug-likeness (QED) is 0.248. The van der Waals surface area contributed by atoms with Crippen LogP contribution in [0.5, 0.6) is 34.6 Å². The number of benzene rings is 4. The Labute approximate surface area is 238 Å². The van der Waals surface area contributed by atoms with Crippen LogP contribution in [-0.2, 0) is 13.0 Å². The summed E-state index contributed by atoms with van der Waals surface area (Å²) >= 11 is 0. The van der Waals surface area contributed by atoms with E-state index in [9.17, 15) is 5.41 Å². The molecule has 1 aliphatic heterocycles. The molecule has 1 unspecified atom stereocenters. The average molecular weight is 550 g/mol. The number of methoxy groups -OCH3 is 4. The van der Waals surface area contributed by atoms with Crippen molar-refractivity contribution in [2.24, 2.45) is 0 Å². The third-order valence-corrected chi connectivity index (χ3v) is 7.63. The largest absolute Gasteiger partial charge is 0.493 e. The van der Waals surface area contributed by atoms with Crippen molar-refractivity contribution in [2.75, 3.05) is 28.4 Å². The Morgan fingerprint density at radius 2 is 1.49 bits per heavy atom. The zero-order valence-corrected chi connectivity index (χ0v) is 23.4. The molecular weight excluding hydrogens is 518 g/mol. The van der Waals surface area contributed by atoms with Crippen LogP contribution in [0.4, 0.5) is 0 Å². The van der Waals surface area contributed by atoms with Gasteiger partial charge in [-0.2, -0.15) is 0 Å². The zero-order valence-electron chi connectivity index (χ0n) is 23.4. The fourth-order valence-electron chi connectivity index (χ4n) is 5.58. The Morgan fingerprint density at radius 3 is 2.24 bits per heavy atom. The number of nitrogens with one attached hydrogen (secondary N) is 1. The van der Waals surface area contributed by atoms with Crippen molar-refractivity contribution in [3.8, 4) is 34.6 Å². The molecule has 2 heterocycles. The lowest BCUT2D eigenvalue weighted by Crippen LogP contribution is -2.30. The van der Waals surface area contributed by atoms with Crippen molar-refractivity contribution < 1.29 is 23.7 Å². The second-order valence-electron chi connectivity index (χ2n) is 9.79. The summed E-state index contributed by atoms with van der Waals surface area (Å²) in [4.78, 5) is 4.70. The molecule has 0 saturated heterocycles. The summed E-state index contributed by atoms with van der Waals surface area (Å²) in [6.45, 7) is 0.551. The Balaban J connectivity index is 1.48. The third-order valence-electron chi connectivity index (χ3n) is 7.63. The van der Waals surface area contributed by atoms with E-state index < -0.39 is 0 Å². The zero-order chi connectivity index (χ0) is 28.5. The number of aromatic nitrogens is 2. The van der Waals surface area contributed by atoms with Crippen molar-refractivity contribution in [2.45, 2.75) is 18.9 Å². The Morgan fingerprint density at radius 1 is 0.780 bits per heavy atom. The molecule has 0 radical (unpaired) electrons. The summed E-state index contributed by atoms with van der Waals surface area (Å²) in [5.74, 6) is 3.47. The van der Waals surface area contributed by atoms with E-state index in [0.717, 1.165) is 33.2 Å². The monoisotopic (exact) mass is 549 g/mol. The summed E-state index contributed by atoms with van der Waals surface area (Å²) < 4.78 is 30.3. The summed E-state index contributed by atoms with van der Waals surface area (Å²) in [6.07, 6.45) is 2.36.